The maximum absolute atomic E-state index is 13.6. The zero-order chi connectivity index (χ0) is 35.3. The van der Waals surface area contributed by atoms with Crippen molar-refractivity contribution in [3.05, 3.63) is 119 Å². The fourth-order valence-electron chi connectivity index (χ4n) is 7.97. The number of carbonyl (C=O) groups is 2. The zero-order valence-electron chi connectivity index (χ0n) is 29.0. The molecule has 0 unspecified atom stereocenters. The van der Waals surface area contributed by atoms with E-state index in [1.807, 2.05) is 24.3 Å². The summed E-state index contributed by atoms with van der Waals surface area (Å²) in [7, 11) is 0. The van der Waals surface area contributed by atoms with Gasteiger partial charge in [-0.25, -0.2) is 0 Å². The van der Waals surface area contributed by atoms with Crippen LogP contribution in [0, 0.1) is 0 Å². The number of aliphatic hydroxyl groups excluding tert-OH is 1. The first kappa shape index (κ1) is 34.5. The van der Waals surface area contributed by atoms with Crippen LogP contribution in [0.2, 0.25) is 0 Å². The lowest BCUT2D eigenvalue weighted by Gasteiger charge is -2.36. The minimum absolute atomic E-state index is 0.0425. The van der Waals surface area contributed by atoms with E-state index < -0.39 is 6.10 Å². The molecule has 0 radical (unpaired) electrons. The van der Waals surface area contributed by atoms with Gasteiger partial charge in [0.25, 0.3) is 0 Å². The van der Waals surface area contributed by atoms with Crippen molar-refractivity contribution in [2.75, 3.05) is 25.0 Å². The van der Waals surface area contributed by atoms with Crippen LogP contribution in [0.15, 0.2) is 97.2 Å². The molecular formula is C42H46N4O5. The second-order valence-corrected chi connectivity index (χ2v) is 13.7. The highest BCUT2D eigenvalue weighted by atomic mass is 16.5. The molecule has 1 saturated carbocycles. The van der Waals surface area contributed by atoms with E-state index in [0.29, 0.717) is 31.1 Å². The van der Waals surface area contributed by atoms with Gasteiger partial charge in [0, 0.05) is 43.9 Å². The number of nitrogens with one attached hydrogen (secondary N) is 2. The van der Waals surface area contributed by atoms with Crippen LogP contribution < -0.4 is 10.6 Å². The van der Waals surface area contributed by atoms with Crippen molar-refractivity contribution in [3.8, 4) is 16.9 Å². The smallest absolute Gasteiger partial charge is 0.318 e. The molecule has 1 atom stereocenters. The number of hydrogen-bond acceptors (Lipinski definition) is 7. The third-order valence-corrected chi connectivity index (χ3v) is 10.7. The Balaban J connectivity index is 0.888. The molecule has 264 valence electrons. The molecule has 2 aliphatic rings. The van der Waals surface area contributed by atoms with Gasteiger partial charge in [-0.15, -0.1) is 0 Å². The van der Waals surface area contributed by atoms with Gasteiger partial charge in [0.05, 0.1) is 11.8 Å². The third kappa shape index (κ3) is 7.42. The largest absolute Gasteiger partial charge is 0.506 e. The molecule has 2 aliphatic carbocycles. The minimum Gasteiger partial charge on any atom is -0.506 e. The number of aromatic hydroxyl groups is 1. The number of aliphatic hydroxyl groups is 1. The predicted octanol–water partition coefficient (Wildman–Crippen LogP) is 6.73. The fraction of sp³-hybridized carbons (Fsp3) is 0.333. The van der Waals surface area contributed by atoms with Crippen LogP contribution in [-0.4, -0.2) is 63.8 Å². The van der Waals surface area contributed by atoms with Crippen molar-refractivity contribution >= 4 is 29.0 Å². The average molecular weight is 687 g/mol. The second kappa shape index (κ2) is 15.5. The molecule has 0 aliphatic heterocycles. The van der Waals surface area contributed by atoms with Crippen LogP contribution in [0.4, 0.5) is 5.69 Å². The lowest BCUT2D eigenvalue weighted by molar-refractivity contribution is -0.151. The van der Waals surface area contributed by atoms with E-state index in [9.17, 15) is 19.8 Å². The summed E-state index contributed by atoms with van der Waals surface area (Å²) in [6.07, 6.45) is 5.63. The minimum atomic E-state index is -0.789. The number of amides is 1. The Morgan fingerprint density at radius 1 is 0.961 bits per heavy atom. The van der Waals surface area contributed by atoms with E-state index in [1.54, 1.807) is 12.1 Å². The van der Waals surface area contributed by atoms with Gasteiger partial charge in [-0.1, -0.05) is 67.6 Å². The van der Waals surface area contributed by atoms with Crippen molar-refractivity contribution in [1.82, 2.24) is 14.8 Å². The van der Waals surface area contributed by atoms with Gasteiger partial charge in [-0.2, -0.15) is 0 Å². The number of phenolic OH excluding ortho intramolecular Hbond substituents is 1. The van der Waals surface area contributed by atoms with Gasteiger partial charge >= 0.3 is 5.97 Å². The summed E-state index contributed by atoms with van der Waals surface area (Å²) in [6.45, 7) is 5.97. The highest BCUT2D eigenvalue weighted by Crippen LogP contribution is 2.45. The molecule has 5 aromatic rings. The quantitative estimate of drug-likeness (QED) is 0.0582. The molecule has 0 spiro atoms. The molecule has 4 N–H and O–H groups in total. The van der Waals surface area contributed by atoms with Crippen molar-refractivity contribution in [2.24, 2.45) is 0 Å². The highest BCUT2D eigenvalue weighted by Gasteiger charge is 2.36. The number of anilines is 1. The second-order valence-electron chi connectivity index (χ2n) is 13.7. The number of hydrogen-bond donors (Lipinski definition) is 4. The number of fused-ring (bicyclic) bond motifs is 4. The van der Waals surface area contributed by atoms with Crippen molar-refractivity contribution in [2.45, 2.75) is 69.9 Å². The Kier molecular flexibility index (Phi) is 10.5. The van der Waals surface area contributed by atoms with Crippen LogP contribution in [0.3, 0.4) is 0 Å². The van der Waals surface area contributed by atoms with Crippen LogP contribution in [0.1, 0.15) is 66.9 Å². The molecule has 1 heterocycles. The van der Waals surface area contributed by atoms with E-state index >= 15 is 0 Å². The number of phenols is 1. The molecular weight excluding hydrogens is 640 g/mol. The molecule has 1 amide bonds. The summed E-state index contributed by atoms with van der Waals surface area (Å²) in [5, 5.41) is 27.4. The first-order valence-corrected chi connectivity index (χ1v) is 18.1. The van der Waals surface area contributed by atoms with E-state index in [2.05, 4.69) is 81.8 Å². The van der Waals surface area contributed by atoms with Crippen LogP contribution in [0.5, 0.6) is 5.75 Å². The summed E-state index contributed by atoms with van der Waals surface area (Å²) < 4.78 is 8.52. The Labute approximate surface area is 298 Å². The Morgan fingerprint density at radius 3 is 2.39 bits per heavy atom. The lowest BCUT2D eigenvalue weighted by atomic mass is 9.91. The van der Waals surface area contributed by atoms with Gasteiger partial charge in [0.2, 0.25) is 6.41 Å². The lowest BCUT2D eigenvalue weighted by Crippen LogP contribution is -2.41. The Morgan fingerprint density at radius 2 is 1.69 bits per heavy atom. The number of aromatic nitrogens is 1. The highest BCUT2D eigenvalue weighted by molar-refractivity contribution is 5.93. The third-order valence-electron chi connectivity index (χ3n) is 10.7. The van der Waals surface area contributed by atoms with Gasteiger partial charge in [-0.05, 0) is 101 Å². The molecule has 51 heavy (non-hydrogen) atoms. The van der Waals surface area contributed by atoms with E-state index in [1.165, 1.54) is 17.0 Å². The molecule has 9 heteroatoms. The summed E-state index contributed by atoms with van der Waals surface area (Å²) in [4.78, 5) is 26.9. The van der Waals surface area contributed by atoms with Crippen molar-refractivity contribution in [1.29, 1.82) is 0 Å². The first-order valence-electron chi connectivity index (χ1n) is 18.1. The average Bonchev–Trinajstić information content (AvgIpc) is 3.72. The van der Waals surface area contributed by atoms with E-state index in [4.69, 9.17) is 4.74 Å². The Bertz CT molecular complexity index is 1950. The van der Waals surface area contributed by atoms with Gasteiger partial charge in [0.1, 0.15) is 17.8 Å². The van der Waals surface area contributed by atoms with Crippen LogP contribution >= 0.6 is 0 Å². The molecule has 7 rings (SSSR count). The molecule has 1 aromatic heterocycles. The summed E-state index contributed by atoms with van der Waals surface area (Å²) >= 11 is 0. The summed E-state index contributed by atoms with van der Waals surface area (Å²) in [5.41, 5.74) is 7.55. The summed E-state index contributed by atoms with van der Waals surface area (Å²) in [6, 6.07) is 30.2. The molecule has 0 saturated heterocycles. The summed E-state index contributed by atoms with van der Waals surface area (Å²) in [5.74, 6) is -0.525. The number of likely N-dealkylation sites (N-methyl/N-ethyl adjacent to an activating group) is 1. The van der Waals surface area contributed by atoms with Crippen LogP contribution in [0.25, 0.3) is 22.0 Å². The Hall–Kier alpha value is -4.96. The maximum atomic E-state index is 13.6. The SMILES string of the molecule is CCN(CCn1ccc2cc(CNC[C@H](O)c3ccc(O)c(NC=O)c3)ccc21)[C@H]1CC[C@H](OC(=O)C2c3ccccc3-c3ccccc32)CC1. The molecule has 1 fully saturated rings. The normalized spacial score (nSPS) is 17.6. The molecule has 0 bridgehead atoms. The van der Waals surface area contributed by atoms with Crippen LogP contribution in [-0.2, 0) is 27.4 Å². The van der Waals surface area contributed by atoms with E-state index in [-0.39, 0.29) is 29.4 Å². The van der Waals surface area contributed by atoms with Gasteiger partial charge < -0.3 is 30.2 Å². The number of nitrogens with zero attached hydrogens (tertiary/aromatic N) is 2. The number of carbonyl (C=O) groups excluding carboxylic acids is 2. The zero-order valence-corrected chi connectivity index (χ0v) is 29.0. The fourth-order valence-corrected chi connectivity index (χ4v) is 7.97. The van der Waals surface area contributed by atoms with Gasteiger partial charge in [-0.3, -0.25) is 14.5 Å². The van der Waals surface area contributed by atoms with E-state index in [0.717, 1.165) is 73.1 Å². The monoisotopic (exact) mass is 686 g/mol. The predicted molar refractivity (Wildman–Crippen MR) is 200 cm³/mol. The topological polar surface area (TPSA) is 116 Å². The molecule has 4 aromatic carbocycles. The standard InChI is InChI=1S/C42H46N4O5/c1-2-45(31-13-15-32(16-14-31)51-42(50)41-35-9-5-3-7-33(35)34-8-4-6-10-36(34)41)21-22-46-20-19-29-23-28(11-17-38(29)46)25-43-26-40(49)30-12-18-39(48)37(24-30)44-27-47/h3-12,17-20,23-24,27,31-32,40-41,43,48-49H,2,13-16,21-22,25-26H2,1H3,(H,44,47)/t31-,32-,40-/m0/s1. The number of rotatable bonds is 14. The maximum Gasteiger partial charge on any atom is 0.318 e. The number of ether oxygens (including phenoxy) is 1. The van der Waals surface area contributed by atoms with Crippen molar-refractivity contribution < 1.29 is 24.5 Å². The first-order chi connectivity index (χ1) is 24.9. The van der Waals surface area contributed by atoms with Gasteiger partial charge in [0.15, 0.2) is 0 Å². The van der Waals surface area contributed by atoms with Crippen molar-refractivity contribution in [3.63, 3.8) is 0 Å². The number of benzene rings is 4. The number of esters is 1. The molecule has 9 nitrogen and oxygen atoms in total.